The van der Waals surface area contributed by atoms with Crippen molar-refractivity contribution in [2.75, 3.05) is 6.79 Å². The number of hydrogen-bond donors (Lipinski definition) is 2. The Morgan fingerprint density at radius 1 is 1.29 bits per heavy atom. The van der Waals surface area contributed by atoms with Gasteiger partial charge >= 0.3 is 6.01 Å². The topological polar surface area (TPSA) is 112 Å². The van der Waals surface area contributed by atoms with Gasteiger partial charge in [0.1, 0.15) is 11.4 Å². The van der Waals surface area contributed by atoms with Crippen molar-refractivity contribution < 1.29 is 19.4 Å². The maximum atomic E-state index is 8.70. The molecule has 0 atom stereocenters. The highest BCUT2D eigenvalue weighted by Gasteiger charge is 2.15. The summed E-state index contributed by atoms with van der Waals surface area (Å²) in [5, 5.41) is 11.6. The van der Waals surface area contributed by atoms with Crippen LogP contribution in [0.2, 0.25) is 0 Å². The number of ether oxygens (including phenoxy) is 3. The number of rotatable bonds is 3. The van der Waals surface area contributed by atoms with Crippen LogP contribution in [-0.4, -0.2) is 27.8 Å². The lowest BCUT2D eigenvalue weighted by Crippen LogP contribution is -2.16. The van der Waals surface area contributed by atoms with Crippen molar-refractivity contribution in [3.63, 3.8) is 0 Å². The van der Waals surface area contributed by atoms with E-state index in [0.717, 1.165) is 0 Å². The largest absolute Gasteiger partial charge is 0.454 e. The van der Waals surface area contributed by atoms with Crippen LogP contribution in [0.15, 0.2) is 29.4 Å². The second kappa shape index (κ2) is 5.16. The number of nitrogens with two attached hydrogens (primary N) is 1. The number of aryl methyl sites for hydroxylation is 1. The van der Waals surface area contributed by atoms with E-state index in [0.29, 0.717) is 22.9 Å². The summed E-state index contributed by atoms with van der Waals surface area (Å²) in [6.07, 6.45) is 0. The Labute approximate surface area is 119 Å². The van der Waals surface area contributed by atoms with Gasteiger partial charge in [-0.1, -0.05) is 5.16 Å². The van der Waals surface area contributed by atoms with Crippen LogP contribution < -0.4 is 19.9 Å². The van der Waals surface area contributed by atoms with E-state index in [-0.39, 0.29) is 24.3 Å². The average molecular weight is 288 g/mol. The van der Waals surface area contributed by atoms with E-state index in [4.69, 9.17) is 25.2 Å². The van der Waals surface area contributed by atoms with Crippen molar-refractivity contribution in [1.82, 2.24) is 9.97 Å². The van der Waals surface area contributed by atoms with Gasteiger partial charge in [-0.25, -0.2) is 4.98 Å². The van der Waals surface area contributed by atoms with Crippen LogP contribution in [0.1, 0.15) is 11.4 Å². The molecule has 0 radical (unpaired) electrons. The molecule has 1 aliphatic heterocycles. The van der Waals surface area contributed by atoms with E-state index in [1.54, 1.807) is 31.2 Å². The molecule has 1 aliphatic rings. The lowest BCUT2D eigenvalue weighted by Gasteiger charge is -2.07. The molecule has 0 bridgehead atoms. The van der Waals surface area contributed by atoms with Gasteiger partial charge in [0.25, 0.3) is 0 Å². The Morgan fingerprint density at radius 2 is 2.10 bits per heavy atom. The van der Waals surface area contributed by atoms with E-state index in [1.165, 1.54) is 0 Å². The first-order valence-corrected chi connectivity index (χ1v) is 6.07. The number of fused-ring (bicyclic) bond motifs is 1. The van der Waals surface area contributed by atoms with Crippen molar-refractivity contribution in [2.24, 2.45) is 10.9 Å². The molecule has 2 heterocycles. The summed E-state index contributed by atoms with van der Waals surface area (Å²) in [6.45, 7) is 1.94. The van der Waals surface area contributed by atoms with Crippen LogP contribution in [0.25, 0.3) is 0 Å². The monoisotopic (exact) mass is 288 g/mol. The van der Waals surface area contributed by atoms with Crippen LogP contribution >= 0.6 is 0 Å². The molecule has 108 valence electrons. The van der Waals surface area contributed by atoms with E-state index < -0.39 is 0 Å². The highest BCUT2D eigenvalue weighted by Crippen LogP contribution is 2.36. The third-order valence-electron chi connectivity index (χ3n) is 2.76. The molecule has 3 N–H and O–H groups in total. The second-order valence-corrected chi connectivity index (χ2v) is 4.28. The first kappa shape index (κ1) is 13.0. The molecule has 1 aromatic heterocycles. The van der Waals surface area contributed by atoms with Crippen LogP contribution in [0.4, 0.5) is 0 Å². The predicted octanol–water partition coefficient (Wildman–Crippen LogP) is 1.40. The summed E-state index contributed by atoms with van der Waals surface area (Å²) in [7, 11) is 0. The number of hydrogen-bond acceptors (Lipinski definition) is 7. The molecule has 0 amide bonds. The number of aromatic nitrogens is 2. The fourth-order valence-corrected chi connectivity index (χ4v) is 1.82. The van der Waals surface area contributed by atoms with E-state index in [2.05, 4.69) is 15.1 Å². The molecule has 2 aromatic rings. The normalized spacial score (nSPS) is 13.3. The molecular weight excluding hydrogens is 276 g/mol. The van der Waals surface area contributed by atoms with Gasteiger partial charge in [0.05, 0.1) is 0 Å². The fraction of sp³-hybridized carbons (Fsp3) is 0.154. The SMILES string of the molecule is Cc1cc(/C(N)=N/O)nc(Oc2ccc3c(c2)OCO3)n1. The molecule has 0 unspecified atom stereocenters. The summed E-state index contributed by atoms with van der Waals surface area (Å²) < 4.78 is 16.1. The van der Waals surface area contributed by atoms with Gasteiger partial charge in [0, 0.05) is 11.8 Å². The van der Waals surface area contributed by atoms with Crippen LogP contribution in [-0.2, 0) is 0 Å². The molecule has 8 nitrogen and oxygen atoms in total. The van der Waals surface area contributed by atoms with Gasteiger partial charge in [-0.2, -0.15) is 4.98 Å². The van der Waals surface area contributed by atoms with Crippen LogP contribution in [0.3, 0.4) is 0 Å². The Hall–Kier alpha value is -3.03. The molecule has 8 heteroatoms. The minimum atomic E-state index is -0.115. The maximum Gasteiger partial charge on any atom is 0.322 e. The summed E-state index contributed by atoms with van der Waals surface area (Å²) >= 11 is 0. The Balaban J connectivity index is 1.89. The molecule has 0 aliphatic carbocycles. The second-order valence-electron chi connectivity index (χ2n) is 4.28. The Bertz CT molecular complexity index is 717. The highest BCUT2D eigenvalue weighted by atomic mass is 16.7. The number of oxime groups is 1. The van der Waals surface area contributed by atoms with Gasteiger partial charge in [0.15, 0.2) is 17.3 Å². The zero-order chi connectivity index (χ0) is 14.8. The molecule has 0 saturated carbocycles. The van der Waals surface area contributed by atoms with E-state index in [9.17, 15) is 0 Å². The summed E-state index contributed by atoms with van der Waals surface area (Å²) in [5.41, 5.74) is 6.42. The first-order chi connectivity index (χ1) is 10.2. The number of nitrogens with zero attached hydrogens (tertiary/aromatic N) is 3. The Kier molecular flexibility index (Phi) is 3.19. The zero-order valence-electron chi connectivity index (χ0n) is 11.1. The lowest BCUT2D eigenvalue weighted by molar-refractivity contribution is 0.174. The molecule has 21 heavy (non-hydrogen) atoms. The molecule has 3 rings (SSSR count). The predicted molar refractivity (Wildman–Crippen MR) is 71.9 cm³/mol. The first-order valence-electron chi connectivity index (χ1n) is 6.07. The maximum absolute atomic E-state index is 8.70. The van der Waals surface area contributed by atoms with Crippen molar-refractivity contribution in [3.05, 3.63) is 35.7 Å². The van der Waals surface area contributed by atoms with Crippen LogP contribution in [0.5, 0.6) is 23.3 Å². The van der Waals surface area contributed by atoms with Crippen molar-refractivity contribution in [2.45, 2.75) is 6.92 Å². The minimum absolute atomic E-state index is 0.0930. The average Bonchev–Trinajstić information content (AvgIpc) is 2.93. The van der Waals surface area contributed by atoms with Gasteiger partial charge < -0.3 is 25.2 Å². The third kappa shape index (κ3) is 2.64. The Morgan fingerprint density at radius 3 is 2.90 bits per heavy atom. The van der Waals surface area contributed by atoms with Gasteiger partial charge in [-0.3, -0.25) is 0 Å². The standard InChI is InChI=1S/C13H12N4O4/c1-7-4-9(12(14)17-18)16-13(15-7)21-8-2-3-10-11(5-8)20-6-19-10/h2-5,18H,6H2,1H3,(H2,14,17). The highest BCUT2D eigenvalue weighted by molar-refractivity contribution is 5.95. The number of amidine groups is 1. The van der Waals surface area contributed by atoms with E-state index >= 15 is 0 Å². The third-order valence-corrected chi connectivity index (χ3v) is 2.76. The van der Waals surface area contributed by atoms with E-state index in [1.807, 2.05) is 0 Å². The molecule has 0 saturated heterocycles. The molecular formula is C13H12N4O4. The smallest absolute Gasteiger partial charge is 0.322 e. The minimum Gasteiger partial charge on any atom is -0.454 e. The van der Waals surface area contributed by atoms with Crippen molar-refractivity contribution in [1.29, 1.82) is 0 Å². The van der Waals surface area contributed by atoms with Crippen molar-refractivity contribution >= 4 is 5.84 Å². The van der Waals surface area contributed by atoms with Gasteiger partial charge in [0.2, 0.25) is 6.79 Å². The summed E-state index contributed by atoms with van der Waals surface area (Å²) in [4.78, 5) is 8.21. The van der Waals surface area contributed by atoms with Gasteiger partial charge in [-0.15, -0.1) is 0 Å². The molecule has 1 aromatic carbocycles. The zero-order valence-corrected chi connectivity index (χ0v) is 11.1. The van der Waals surface area contributed by atoms with Crippen LogP contribution in [0, 0.1) is 6.92 Å². The summed E-state index contributed by atoms with van der Waals surface area (Å²) in [5.74, 6) is 1.63. The van der Waals surface area contributed by atoms with Gasteiger partial charge in [-0.05, 0) is 25.1 Å². The lowest BCUT2D eigenvalue weighted by atomic mass is 10.3. The molecule has 0 fully saturated rings. The number of benzene rings is 1. The quantitative estimate of drug-likeness (QED) is 0.380. The molecule has 0 spiro atoms. The van der Waals surface area contributed by atoms with Crippen molar-refractivity contribution in [3.8, 4) is 23.3 Å². The fourth-order valence-electron chi connectivity index (χ4n) is 1.82. The summed E-state index contributed by atoms with van der Waals surface area (Å²) in [6, 6.07) is 6.80.